The van der Waals surface area contributed by atoms with Gasteiger partial charge in [-0.15, -0.1) is 0 Å². The minimum Gasteiger partial charge on any atom is -0.339 e. The highest BCUT2D eigenvalue weighted by Gasteiger charge is 2.10. The quantitative estimate of drug-likeness (QED) is 0.426. The fourth-order valence-corrected chi connectivity index (χ4v) is 2.27. The fraction of sp³-hybridized carbons (Fsp3) is 0.167. The number of anilines is 3. The summed E-state index contributed by atoms with van der Waals surface area (Å²) in [6.07, 6.45) is 0. The van der Waals surface area contributed by atoms with Crippen LogP contribution in [-0.4, -0.2) is 9.97 Å². The van der Waals surface area contributed by atoms with Crippen LogP contribution in [0.1, 0.15) is 11.4 Å². The number of hydrazine groups is 1. The second-order valence-electron chi connectivity index (χ2n) is 3.99. The molecular weight excluding hydrogens is 377 g/mol. The Labute approximate surface area is 130 Å². The highest BCUT2D eigenvalue weighted by Crippen LogP contribution is 2.29. The van der Waals surface area contributed by atoms with Crippen LogP contribution >= 0.6 is 34.2 Å². The molecule has 0 spiro atoms. The van der Waals surface area contributed by atoms with Crippen molar-refractivity contribution in [3.05, 3.63) is 38.2 Å². The Bertz CT molecular complexity index is 617. The summed E-state index contributed by atoms with van der Waals surface area (Å²) >= 11 is 8.39. The van der Waals surface area contributed by atoms with Crippen LogP contribution in [0.25, 0.3) is 0 Å². The van der Waals surface area contributed by atoms with Crippen LogP contribution in [0.2, 0.25) is 5.02 Å². The molecule has 0 bridgehead atoms. The minimum atomic E-state index is 0.594. The average molecular weight is 390 g/mol. The highest BCUT2D eigenvalue weighted by molar-refractivity contribution is 14.1. The van der Waals surface area contributed by atoms with Gasteiger partial charge in [0.2, 0.25) is 0 Å². The Morgan fingerprint density at radius 1 is 1.21 bits per heavy atom. The van der Waals surface area contributed by atoms with E-state index in [1.807, 2.05) is 32.0 Å². The molecule has 19 heavy (non-hydrogen) atoms. The molecule has 5 nitrogen and oxygen atoms in total. The molecule has 1 heterocycles. The molecule has 0 amide bonds. The fourth-order valence-electron chi connectivity index (χ4n) is 1.61. The summed E-state index contributed by atoms with van der Waals surface area (Å²) < 4.78 is 1.09. The number of hydrogen-bond acceptors (Lipinski definition) is 5. The molecule has 0 saturated carbocycles. The maximum Gasteiger partial charge on any atom is 0.148 e. The Balaban J connectivity index is 2.43. The number of benzene rings is 1. The van der Waals surface area contributed by atoms with E-state index in [-0.39, 0.29) is 0 Å². The first-order chi connectivity index (χ1) is 9.01. The first-order valence-corrected chi connectivity index (χ1v) is 7.01. The van der Waals surface area contributed by atoms with Crippen molar-refractivity contribution in [1.29, 1.82) is 0 Å². The molecular formula is C12H13ClIN5. The van der Waals surface area contributed by atoms with E-state index in [1.165, 1.54) is 0 Å². The third kappa shape index (κ3) is 3.26. The van der Waals surface area contributed by atoms with E-state index in [1.54, 1.807) is 0 Å². The summed E-state index contributed by atoms with van der Waals surface area (Å²) in [5.74, 6) is 7.35. The summed E-state index contributed by atoms with van der Waals surface area (Å²) in [5, 5.41) is 3.85. The zero-order chi connectivity index (χ0) is 14.0. The normalized spacial score (nSPS) is 10.4. The van der Waals surface area contributed by atoms with Gasteiger partial charge >= 0.3 is 0 Å². The summed E-state index contributed by atoms with van der Waals surface area (Å²) in [4.78, 5) is 8.58. The van der Waals surface area contributed by atoms with Crippen LogP contribution in [0.3, 0.4) is 0 Å². The van der Waals surface area contributed by atoms with Gasteiger partial charge in [-0.25, -0.2) is 15.8 Å². The molecule has 0 unspecified atom stereocenters. The number of nitrogens with two attached hydrogens (primary N) is 1. The van der Waals surface area contributed by atoms with Gasteiger partial charge in [-0.2, -0.15) is 0 Å². The molecule has 1 aromatic heterocycles. The second kappa shape index (κ2) is 5.89. The standard InChI is InChI=1S/C12H13ClIN5/c1-6-11(16-7(2)17-12(6)19-15)18-10-5-8(14)3-4-9(10)13/h3-5H,15H2,1-2H3,(H2,16,17,18,19). The molecule has 0 aliphatic carbocycles. The molecule has 2 rings (SSSR count). The van der Waals surface area contributed by atoms with Crippen LogP contribution in [0.4, 0.5) is 17.3 Å². The highest BCUT2D eigenvalue weighted by atomic mass is 127. The number of aromatic nitrogens is 2. The van der Waals surface area contributed by atoms with Gasteiger partial charge in [-0.3, -0.25) is 0 Å². The van der Waals surface area contributed by atoms with E-state index in [0.29, 0.717) is 22.5 Å². The number of nitrogen functional groups attached to an aromatic ring is 1. The summed E-state index contributed by atoms with van der Waals surface area (Å²) in [5.41, 5.74) is 4.20. The Hall–Kier alpha value is -1.12. The number of halogens is 2. The number of aryl methyl sites for hydroxylation is 1. The lowest BCUT2D eigenvalue weighted by Gasteiger charge is -2.13. The van der Waals surface area contributed by atoms with Gasteiger partial charge in [0.05, 0.1) is 10.7 Å². The second-order valence-corrected chi connectivity index (χ2v) is 5.64. The minimum absolute atomic E-state index is 0.594. The third-order valence-corrected chi connectivity index (χ3v) is 3.58. The number of hydrogen-bond donors (Lipinski definition) is 3. The molecule has 0 saturated heterocycles. The van der Waals surface area contributed by atoms with Crippen molar-refractivity contribution < 1.29 is 0 Å². The van der Waals surface area contributed by atoms with E-state index in [4.69, 9.17) is 17.4 Å². The van der Waals surface area contributed by atoms with Crippen molar-refractivity contribution in [3.8, 4) is 0 Å². The van der Waals surface area contributed by atoms with E-state index in [0.717, 1.165) is 14.8 Å². The predicted molar refractivity (Wildman–Crippen MR) is 86.8 cm³/mol. The SMILES string of the molecule is Cc1nc(NN)c(C)c(Nc2cc(I)ccc2Cl)n1. The van der Waals surface area contributed by atoms with Gasteiger partial charge in [0.1, 0.15) is 17.5 Å². The third-order valence-electron chi connectivity index (χ3n) is 2.58. The van der Waals surface area contributed by atoms with Crippen LogP contribution in [0.5, 0.6) is 0 Å². The van der Waals surface area contributed by atoms with Crippen molar-refractivity contribution in [1.82, 2.24) is 9.97 Å². The Morgan fingerprint density at radius 2 is 1.89 bits per heavy atom. The smallest absolute Gasteiger partial charge is 0.148 e. The molecule has 0 fully saturated rings. The maximum absolute atomic E-state index is 6.16. The molecule has 0 aliphatic rings. The van der Waals surface area contributed by atoms with Crippen molar-refractivity contribution in [2.75, 3.05) is 10.7 Å². The number of nitrogens with zero attached hydrogens (tertiary/aromatic N) is 2. The van der Waals surface area contributed by atoms with Gasteiger partial charge in [0, 0.05) is 9.13 Å². The number of nitrogens with one attached hydrogen (secondary N) is 2. The molecule has 7 heteroatoms. The lowest BCUT2D eigenvalue weighted by molar-refractivity contribution is 1.03. The maximum atomic E-state index is 6.16. The van der Waals surface area contributed by atoms with Gasteiger partial charge in [0.15, 0.2) is 0 Å². The van der Waals surface area contributed by atoms with Crippen molar-refractivity contribution >= 4 is 51.5 Å². The van der Waals surface area contributed by atoms with E-state index < -0.39 is 0 Å². The van der Waals surface area contributed by atoms with Crippen LogP contribution < -0.4 is 16.6 Å². The number of rotatable bonds is 3. The topological polar surface area (TPSA) is 75.9 Å². The van der Waals surface area contributed by atoms with E-state index in [2.05, 4.69) is 43.3 Å². The van der Waals surface area contributed by atoms with E-state index >= 15 is 0 Å². The summed E-state index contributed by atoms with van der Waals surface area (Å²) in [7, 11) is 0. The largest absolute Gasteiger partial charge is 0.339 e. The Kier molecular flexibility index (Phi) is 4.43. The predicted octanol–water partition coefficient (Wildman–Crippen LogP) is 3.38. The molecule has 0 aliphatic heterocycles. The van der Waals surface area contributed by atoms with Crippen LogP contribution in [0.15, 0.2) is 18.2 Å². The lowest BCUT2D eigenvalue weighted by atomic mass is 10.2. The van der Waals surface area contributed by atoms with Crippen molar-refractivity contribution in [3.63, 3.8) is 0 Å². The molecule has 0 atom stereocenters. The van der Waals surface area contributed by atoms with Gasteiger partial charge in [-0.05, 0) is 54.6 Å². The lowest BCUT2D eigenvalue weighted by Crippen LogP contribution is -2.13. The zero-order valence-corrected chi connectivity index (χ0v) is 13.4. The van der Waals surface area contributed by atoms with Crippen molar-refractivity contribution in [2.24, 2.45) is 5.84 Å². The summed E-state index contributed by atoms with van der Waals surface area (Å²) in [6.45, 7) is 3.70. The zero-order valence-electron chi connectivity index (χ0n) is 10.5. The Morgan fingerprint density at radius 3 is 2.58 bits per heavy atom. The first kappa shape index (κ1) is 14.3. The van der Waals surface area contributed by atoms with Crippen molar-refractivity contribution in [2.45, 2.75) is 13.8 Å². The molecule has 0 radical (unpaired) electrons. The van der Waals surface area contributed by atoms with Gasteiger partial charge in [-0.1, -0.05) is 11.6 Å². The van der Waals surface area contributed by atoms with Crippen LogP contribution in [0, 0.1) is 17.4 Å². The monoisotopic (exact) mass is 389 g/mol. The molecule has 1 aromatic carbocycles. The van der Waals surface area contributed by atoms with Gasteiger partial charge < -0.3 is 10.7 Å². The first-order valence-electron chi connectivity index (χ1n) is 5.55. The van der Waals surface area contributed by atoms with Crippen LogP contribution in [-0.2, 0) is 0 Å². The average Bonchev–Trinajstić information content (AvgIpc) is 2.37. The molecule has 2 aromatic rings. The van der Waals surface area contributed by atoms with Gasteiger partial charge in [0.25, 0.3) is 0 Å². The molecule has 4 N–H and O–H groups in total. The van der Waals surface area contributed by atoms with E-state index in [9.17, 15) is 0 Å². The molecule has 100 valence electrons. The summed E-state index contributed by atoms with van der Waals surface area (Å²) in [6, 6.07) is 5.74.